The molecule has 0 fully saturated rings. The Balaban J connectivity index is 1.89. The molecule has 0 aliphatic heterocycles. The van der Waals surface area contributed by atoms with E-state index in [9.17, 15) is 0 Å². The first-order valence-electron chi connectivity index (χ1n) is 6.64. The van der Waals surface area contributed by atoms with Gasteiger partial charge in [-0.15, -0.1) is 0 Å². The van der Waals surface area contributed by atoms with Gasteiger partial charge in [-0.25, -0.2) is 4.98 Å². The van der Waals surface area contributed by atoms with Crippen LogP contribution in [0, 0.1) is 11.8 Å². The highest BCUT2D eigenvalue weighted by Gasteiger charge is 2.19. The lowest BCUT2D eigenvalue weighted by Gasteiger charge is -2.24. The average molecular weight is 247 g/mol. The van der Waals surface area contributed by atoms with Crippen LogP contribution in [0.5, 0.6) is 5.88 Å². The minimum absolute atomic E-state index is 0.590. The van der Waals surface area contributed by atoms with Gasteiger partial charge in [0.1, 0.15) is 0 Å². The Morgan fingerprint density at radius 2 is 2.22 bits per heavy atom. The molecular formula is C14H21N3O. The van der Waals surface area contributed by atoms with E-state index in [1.165, 1.54) is 0 Å². The van der Waals surface area contributed by atoms with Gasteiger partial charge in [-0.05, 0) is 31.6 Å². The molecule has 1 aromatic heterocycles. The molecule has 1 aliphatic carbocycles. The molecule has 0 bridgehead atoms. The van der Waals surface area contributed by atoms with E-state index in [4.69, 9.17) is 4.74 Å². The quantitative estimate of drug-likeness (QED) is 0.813. The molecule has 4 heteroatoms. The Morgan fingerprint density at radius 3 is 3.00 bits per heavy atom. The summed E-state index contributed by atoms with van der Waals surface area (Å²) in [4.78, 5) is 8.43. The predicted octanol–water partition coefficient (Wildman–Crippen LogP) is 2.89. The maximum Gasteiger partial charge on any atom is 0.225 e. The average Bonchev–Trinajstić information content (AvgIpc) is 2.39. The zero-order valence-corrected chi connectivity index (χ0v) is 11.1. The summed E-state index contributed by atoms with van der Waals surface area (Å²) in [5, 5.41) is 3.08. The van der Waals surface area contributed by atoms with Crippen LogP contribution in [0.25, 0.3) is 0 Å². The smallest absolute Gasteiger partial charge is 0.225 e. The van der Waals surface area contributed by atoms with E-state index in [0.29, 0.717) is 23.7 Å². The number of hydrogen-bond donors (Lipinski definition) is 1. The summed E-state index contributed by atoms with van der Waals surface area (Å²) >= 11 is 0. The Kier molecular flexibility index (Phi) is 4.56. The second kappa shape index (κ2) is 6.38. The fourth-order valence-electron chi connectivity index (χ4n) is 2.10. The van der Waals surface area contributed by atoms with E-state index in [1.807, 2.05) is 13.0 Å². The molecule has 0 spiro atoms. The molecule has 0 saturated heterocycles. The lowest BCUT2D eigenvalue weighted by molar-refractivity contribution is 0.193. The van der Waals surface area contributed by atoms with Gasteiger partial charge in [0.05, 0.1) is 6.61 Å². The monoisotopic (exact) mass is 247 g/mol. The van der Waals surface area contributed by atoms with E-state index in [-0.39, 0.29) is 0 Å². The fourth-order valence-corrected chi connectivity index (χ4v) is 2.10. The van der Waals surface area contributed by atoms with E-state index in [2.05, 4.69) is 34.4 Å². The maximum atomic E-state index is 5.78. The molecule has 0 aromatic carbocycles. The molecule has 0 saturated carbocycles. The highest BCUT2D eigenvalue weighted by atomic mass is 16.5. The van der Waals surface area contributed by atoms with Crippen LogP contribution in [0.3, 0.4) is 0 Å². The third kappa shape index (κ3) is 3.45. The van der Waals surface area contributed by atoms with Gasteiger partial charge < -0.3 is 10.1 Å². The molecule has 0 radical (unpaired) electrons. The van der Waals surface area contributed by atoms with Crippen LogP contribution in [-0.2, 0) is 0 Å². The van der Waals surface area contributed by atoms with Crippen LogP contribution < -0.4 is 10.1 Å². The van der Waals surface area contributed by atoms with E-state index in [0.717, 1.165) is 26.0 Å². The molecule has 4 nitrogen and oxygen atoms in total. The van der Waals surface area contributed by atoms with Crippen molar-refractivity contribution in [1.82, 2.24) is 9.97 Å². The van der Waals surface area contributed by atoms with Gasteiger partial charge in [0.15, 0.2) is 0 Å². The van der Waals surface area contributed by atoms with Crippen molar-refractivity contribution in [2.75, 3.05) is 18.5 Å². The van der Waals surface area contributed by atoms with Crippen LogP contribution in [0.15, 0.2) is 24.4 Å². The van der Waals surface area contributed by atoms with Gasteiger partial charge in [0, 0.05) is 18.8 Å². The third-order valence-electron chi connectivity index (χ3n) is 3.33. The van der Waals surface area contributed by atoms with Gasteiger partial charge in [0.25, 0.3) is 0 Å². The first-order chi connectivity index (χ1) is 8.79. The van der Waals surface area contributed by atoms with Gasteiger partial charge in [-0.1, -0.05) is 19.1 Å². The van der Waals surface area contributed by atoms with Crippen LogP contribution in [-0.4, -0.2) is 23.1 Å². The van der Waals surface area contributed by atoms with Crippen molar-refractivity contribution in [3.05, 3.63) is 24.4 Å². The van der Waals surface area contributed by atoms with Gasteiger partial charge in [-0.3, -0.25) is 0 Å². The second-order valence-corrected chi connectivity index (χ2v) is 4.74. The van der Waals surface area contributed by atoms with Crippen molar-refractivity contribution >= 4 is 5.95 Å². The Bertz CT molecular complexity index is 406. The molecule has 18 heavy (non-hydrogen) atoms. The number of rotatable bonds is 5. The highest BCUT2D eigenvalue weighted by Crippen LogP contribution is 2.25. The first-order valence-corrected chi connectivity index (χ1v) is 6.64. The number of allylic oxidation sites excluding steroid dienone is 2. The molecule has 1 aliphatic rings. The molecular weight excluding hydrogens is 226 g/mol. The summed E-state index contributed by atoms with van der Waals surface area (Å²) in [5.74, 6) is 2.56. The summed E-state index contributed by atoms with van der Waals surface area (Å²) in [5.41, 5.74) is 0. The zero-order valence-electron chi connectivity index (χ0n) is 11.1. The number of anilines is 1. The molecule has 0 amide bonds. The molecule has 1 heterocycles. The molecule has 2 unspecified atom stereocenters. The number of aromatic nitrogens is 2. The number of ether oxygens (including phenoxy) is 1. The van der Waals surface area contributed by atoms with Gasteiger partial charge in [0.2, 0.25) is 11.8 Å². The fraction of sp³-hybridized carbons (Fsp3) is 0.571. The Morgan fingerprint density at radius 1 is 1.39 bits per heavy atom. The van der Waals surface area contributed by atoms with Crippen LogP contribution in [0.2, 0.25) is 0 Å². The summed E-state index contributed by atoms with van der Waals surface area (Å²) in [7, 11) is 0. The van der Waals surface area contributed by atoms with Crippen molar-refractivity contribution in [3.63, 3.8) is 0 Å². The lowest BCUT2D eigenvalue weighted by Crippen LogP contribution is -2.21. The van der Waals surface area contributed by atoms with Gasteiger partial charge in [-0.2, -0.15) is 4.98 Å². The third-order valence-corrected chi connectivity index (χ3v) is 3.33. The number of nitrogens with one attached hydrogen (secondary N) is 1. The van der Waals surface area contributed by atoms with Crippen LogP contribution >= 0.6 is 0 Å². The van der Waals surface area contributed by atoms with Crippen LogP contribution in [0.4, 0.5) is 5.95 Å². The molecule has 2 rings (SSSR count). The lowest BCUT2D eigenvalue weighted by atomic mass is 9.85. The van der Waals surface area contributed by atoms with E-state index in [1.54, 1.807) is 6.20 Å². The normalized spacial score (nSPS) is 22.8. The molecule has 98 valence electrons. The standard InChI is InChI=1S/C14H21N3O/c1-3-15-14-16-9-8-13(17-14)18-10-12-7-5-4-6-11(12)2/h4-5,8-9,11-12H,3,6-7,10H2,1-2H3,(H,15,16,17). The Labute approximate surface area is 108 Å². The molecule has 2 atom stereocenters. The largest absolute Gasteiger partial charge is 0.477 e. The SMILES string of the molecule is CCNc1nccc(OCC2CC=CCC2C)n1. The van der Waals surface area contributed by atoms with E-state index < -0.39 is 0 Å². The minimum atomic E-state index is 0.590. The van der Waals surface area contributed by atoms with Crippen molar-refractivity contribution in [2.24, 2.45) is 11.8 Å². The zero-order chi connectivity index (χ0) is 12.8. The maximum absolute atomic E-state index is 5.78. The minimum Gasteiger partial charge on any atom is -0.477 e. The van der Waals surface area contributed by atoms with Crippen molar-refractivity contribution in [2.45, 2.75) is 26.7 Å². The van der Waals surface area contributed by atoms with Crippen molar-refractivity contribution in [3.8, 4) is 5.88 Å². The number of hydrogen-bond acceptors (Lipinski definition) is 4. The predicted molar refractivity (Wildman–Crippen MR) is 72.7 cm³/mol. The summed E-state index contributed by atoms with van der Waals surface area (Å²) in [6.07, 6.45) is 8.49. The summed E-state index contributed by atoms with van der Waals surface area (Å²) in [6, 6.07) is 1.81. The first kappa shape index (κ1) is 12.9. The van der Waals surface area contributed by atoms with E-state index >= 15 is 0 Å². The summed E-state index contributed by atoms with van der Waals surface area (Å²) < 4.78 is 5.78. The van der Waals surface area contributed by atoms with Crippen molar-refractivity contribution < 1.29 is 4.74 Å². The summed E-state index contributed by atoms with van der Waals surface area (Å²) in [6.45, 7) is 5.84. The highest BCUT2D eigenvalue weighted by molar-refractivity contribution is 5.26. The van der Waals surface area contributed by atoms with Crippen molar-refractivity contribution in [1.29, 1.82) is 0 Å². The second-order valence-electron chi connectivity index (χ2n) is 4.74. The molecule has 1 N–H and O–H groups in total. The Hall–Kier alpha value is -1.58. The van der Waals surface area contributed by atoms with Crippen LogP contribution in [0.1, 0.15) is 26.7 Å². The molecule has 1 aromatic rings. The topological polar surface area (TPSA) is 47.0 Å². The number of nitrogens with zero attached hydrogens (tertiary/aromatic N) is 2. The van der Waals surface area contributed by atoms with Gasteiger partial charge >= 0.3 is 0 Å².